The molecule has 1 aliphatic heterocycles. The van der Waals surface area contributed by atoms with Gasteiger partial charge in [0.1, 0.15) is 0 Å². The van der Waals surface area contributed by atoms with Crippen molar-refractivity contribution in [3.63, 3.8) is 0 Å². The molecule has 7 heteroatoms. The molecule has 0 radical (unpaired) electrons. The number of likely N-dealkylation sites (tertiary alicyclic amines) is 1. The van der Waals surface area contributed by atoms with Crippen LogP contribution in [0.25, 0.3) is 0 Å². The maximum atomic E-state index is 11.2. The fraction of sp³-hybridized carbons (Fsp3) is 0.917. The van der Waals surface area contributed by atoms with Gasteiger partial charge < -0.3 is 10.0 Å². The molecule has 1 saturated heterocycles. The summed E-state index contributed by atoms with van der Waals surface area (Å²) in [6.07, 6.45) is 1.42. The molecule has 1 heterocycles. The normalized spacial score (nSPS) is 24.7. The van der Waals surface area contributed by atoms with Crippen molar-refractivity contribution in [1.29, 1.82) is 0 Å². The summed E-state index contributed by atoms with van der Waals surface area (Å²) in [4.78, 5) is 12.7. The molecule has 0 saturated carbocycles. The van der Waals surface area contributed by atoms with E-state index < -0.39 is 16.2 Å². The van der Waals surface area contributed by atoms with E-state index in [4.69, 9.17) is 4.18 Å². The Bertz CT molecular complexity index is 426. The van der Waals surface area contributed by atoms with Crippen molar-refractivity contribution in [2.75, 3.05) is 19.4 Å². The molecule has 0 aromatic rings. The molecule has 0 aliphatic carbocycles. The van der Waals surface area contributed by atoms with Gasteiger partial charge in [-0.05, 0) is 24.2 Å². The minimum Gasteiger partial charge on any atom is -0.465 e. The van der Waals surface area contributed by atoms with Crippen molar-refractivity contribution < 1.29 is 22.5 Å². The predicted octanol–water partition coefficient (Wildman–Crippen LogP) is 1.77. The monoisotopic (exact) mass is 293 g/mol. The quantitative estimate of drug-likeness (QED) is 0.799. The maximum Gasteiger partial charge on any atom is 0.407 e. The topological polar surface area (TPSA) is 83.9 Å². The molecule has 6 nitrogen and oxygen atoms in total. The molecular formula is C12H23NO5S. The Balaban J connectivity index is 2.70. The lowest BCUT2D eigenvalue weighted by molar-refractivity contribution is 0.0861. The molecule has 1 N–H and O–H groups in total. The average molecular weight is 293 g/mol. The van der Waals surface area contributed by atoms with Crippen molar-refractivity contribution >= 4 is 16.2 Å². The Kier molecular flexibility index (Phi) is 4.84. The van der Waals surface area contributed by atoms with Crippen molar-refractivity contribution in [1.82, 2.24) is 4.90 Å². The Morgan fingerprint density at radius 3 is 2.42 bits per heavy atom. The van der Waals surface area contributed by atoms with E-state index in [9.17, 15) is 18.3 Å². The Morgan fingerprint density at radius 2 is 2.00 bits per heavy atom. The highest BCUT2D eigenvalue weighted by molar-refractivity contribution is 7.85. The Morgan fingerprint density at radius 1 is 1.42 bits per heavy atom. The highest BCUT2D eigenvalue weighted by Gasteiger charge is 2.43. The van der Waals surface area contributed by atoms with Gasteiger partial charge in [-0.25, -0.2) is 4.79 Å². The van der Waals surface area contributed by atoms with E-state index in [1.165, 1.54) is 4.90 Å². The lowest BCUT2D eigenvalue weighted by Crippen LogP contribution is -2.45. The summed E-state index contributed by atoms with van der Waals surface area (Å²) in [6, 6.07) is -0.104. The zero-order valence-corrected chi connectivity index (χ0v) is 12.7. The second-order valence-electron chi connectivity index (χ2n) is 6.15. The van der Waals surface area contributed by atoms with Gasteiger partial charge >= 0.3 is 6.09 Å². The van der Waals surface area contributed by atoms with Crippen LogP contribution in [0.3, 0.4) is 0 Å². The van der Waals surface area contributed by atoms with E-state index in [-0.39, 0.29) is 24.0 Å². The van der Waals surface area contributed by atoms with E-state index in [0.717, 1.165) is 12.7 Å². The van der Waals surface area contributed by atoms with E-state index in [1.54, 1.807) is 0 Å². The number of nitrogens with zero attached hydrogens (tertiary/aromatic N) is 1. The SMILES string of the molecule is CC(C)(C)C1C(CCOS(C)(=O)=O)CCN1C(=O)O. The second kappa shape index (κ2) is 5.66. The van der Waals surface area contributed by atoms with Gasteiger partial charge in [-0.1, -0.05) is 20.8 Å². The Labute approximate surface area is 114 Å². The zero-order chi connectivity index (χ0) is 14.8. The van der Waals surface area contributed by atoms with Gasteiger partial charge in [0.25, 0.3) is 10.1 Å². The van der Waals surface area contributed by atoms with E-state index in [2.05, 4.69) is 0 Å². The fourth-order valence-corrected chi connectivity index (χ4v) is 3.30. The summed E-state index contributed by atoms with van der Waals surface area (Å²) in [5, 5.41) is 9.22. The average Bonchev–Trinajstić information content (AvgIpc) is 2.58. The third-order valence-corrected chi connectivity index (χ3v) is 4.04. The van der Waals surface area contributed by atoms with Crippen LogP contribution in [-0.2, 0) is 14.3 Å². The first-order chi connectivity index (χ1) is 8.52. The number of hydrogen-bond acceptors (Lipinski definition) is 4. The van der Waals surface area contributed by atoms with Gasteiger partial charge in [0.15, 0.2) is 0 Å². The number of hydrogen-bond donors (Lipinski definition) is 1. The third kappa shape index (κ3) is 4.65. The van der Waals surface area contributed by atoms with Gasteiger partial charge in [0, 0.05) is 12.6 Å². The smallest absolute Gasteiger partial charge is 0.407 e. The van der Waals surface area contributed by atoms with Crippen LogP contribution in [0.1, 0.15) is 33.6 Å². The molecule has 0 aromatic heterocycles. The van der Waals surface area contributed by atoms with Crippen LogP contribution in [0, 0.1) is 11.3 Å². The zero-order valence-electron chi connectivity index (χ0n) is 11.9. The first kappa shape index (κ1) is 16.2. The first-order valence-corrected chi connectivity index (χ1v) is 8.18. The molecule has 0 bridgehead atoms. The lowest BCUT2D eigenvalue weighted by Gasteiger charge is -2.37. The van der Waals surface area contributed by atoms with Crippen LogP contribution < -0.4 is 0 Å². The van der Waals surface area contributed by atoms with E-state index in [1.807, 2.05) is 20.8 Å². The van der Waals surface area contributed by atoms with Crippen LogP contribution >= 0.6 is 0 Å². The molecule has 1 amide bonds. The largest absolute Gasteiger partial charge is 0.465 e. The van der Waals surface area contributed by atoms with Crippen molar-refractivity contribution in [3.05, 3.63) is 0 Å². The molecular weight excluding hydrogens is 270 g/mol. The van der Waals surface area contributed by atoms with Crippen LogP contribution in [0.15, 0.2) is 0 Å². The fourth-order valence-electron chi connectivity index (χ4n) is 2.90. The third-order valence-electron chi connectivity index (χ3n) is 3.44. The maximum absolute atomic E-state index is 11.2. The summed E-state index contributed by atoms with van der Waals surface area (Å²) in [7, 11) is -3.43. The van der Waals surface area contributed by atoms with E-state index in [0.29, 0.717) is 13.0 Å². The first-order valence-electron chi connectivity index (χ1n) is 6.36. The summed E-state index contributed by atoms with van der Waals surface area (Å²) < 4.78 is 26.6. The highest BCUT2D eigenvalue weighted by Crippen LogP contribution is 2.38. The minimum absolute atomic E-state index is 0.104. The number of amides is 1. The molecule has 112 valence electrons. The molecule has 1 fully saturated rings. The minimum atomic E-state index is -3.43. The standard InChI is InChI=1S/C12H23NO5S/c1-12(2,3)10-9(5-7-13(10)11(14)15)6-8-18-19(4,16)17/h9-10H,5-8H2,1-4H3,(H,14,15). The van der Waals surface area contributed by atoms with Crippen LogP contribution in [-0.4, -0.2) is 50.0 Å². The molecule has 2 unspecified atom stereocenters. The molecule has 1 rings (SSSR count). The molecule has 2 atom stereocenters. The summed E-state index contributed by atoms with van der Waals surface area (Å²) >= 11 is 0. The van der Waals surface area contributed by atoms with Crippen LogP contribution in [0.2, 0.25) is 0 Å². The van der Waals surface area contributed by atoms with Gasteiger partial charge in [0.05, 0.1) is 12.9 Å². The molecule has 0 aromatic carbocycles. The lowest BCUT2D eigenvalue weighted by atomic mass is 9.78. The van der Waals surface area contributed by atoms with Gasteiger partial charge in [-0.3, -0.25) is 4.18 Å². The summed E-state index contributed by atoms with van der Waals surface area (Å²) in [6.45, 7) is 6.63. The van der Waals surface area contributed by atoms with Crippen molar-refractivity contribution in [3.8, 4) is 0 Å². The van der Waals surface area contributed by atoms with Crippen LogP contribution in [0.4, 0.5) is 4.79 Å². The second-order valence-corrected chi connectivity index (χ2v) is 7.79. The van der Waals surface area contributed by atoms with Gasteiger partial charge in [0.2, 0.25) is 0 Å². The van der Waals surface area contributed by atoms with Crippen LogP contribution in [0.5, 0.6) is 0 Å². The Hall–Kier alpha value is -0.820. The highest BCUT2D eigenvalue weighted by atomic mass is 32.2. The van der Waals surface area contributed by atoms with Crippen molar-refractivity contribution in [2.45, 2.75) is 39.7 Å². The molecule has 0 spiro atoms. The predicted molar refractivity (Wildman–Crippen MR) is 71.5 cm³/mol. The van der Waals surface area contributed by atoms with Crippen molar-refractivity contribution in [2.24, 2.45) is 11.3 Å². The summed E-state index contributed by atoms with van der Waals surface area (Å²) in [5.41, 5.74) is -0.176. The molecule has 19 heavy (non-hydrogen) atoms. The van der Waals surface area contributed by atoms with Gasteiger partial charge in [-0.2, -0.15) is 8.42 Å². The number of carboxylic acid groups (broad SMARTS) is 1. The van der Waals surface area contributed by atoms with E-state index >= 15 is 0 Å². The molecule has 1 aliphatic rings. The number of rotatable bonds is 4. The summed E-state index contributed by atoms with van der Waals surface area (Å²) in [5.74, 6) is 0.137. The number of carbonyl (C=O) groups is 1. The van der Waals surface area contributed by atoms with Gasteiger partial charge in [-0.15, -0.1) is 0 Å².